The van der Waals surface area contributed by atoms with Gasteiger partial charge in [0.25, 0.3) is 5.91 Å². The number of carbonyl (C=O) groups excluding carboxylic acids is 1. The lowest BCUT2D eigenvalue weighted by atomic mass is 10.0. The number of aliphatic hydroxyl groups is 1. The van der Waals surface area contributed by atoms with E-state index in [0.29, 0.717) is 22.8 Å². The summed E-state index contributed by atoms with van der Waals surface area (Å²) in [5.41, 5.74) is -0.697. The van der Waals surface area contributed by atoms with Crippen LogP contribution in [0.15, 0.2) is 47.1 Å². The van der Waals surface area contributed by atoms with E-state index in [4.69, 9.17) is 16.0 Å². The van der Waals surface area contributed by atoms with Gasteiger partial charge in [0.2, 0.25) is 0 Å². The lowest BCUT2D eigenvalue weighted by Crippen LogP contribution is -2.42. The van der Waals surface area contributed by atoms with Crippen molar-refractivity contribution in [2.75, 3.05) is 6.54 Å². The molecule has 0 bridgehead atoms. The van der Waals surface area contributed by atoms with E-state index in [9.17, 15) is 9.90 Å². The number of hydrogen-bond acceptors (Lipinski definition) is 3. The Kier molecular flexibility index (Phi) is 4.47. The SMILES string of the molecule is C[C@](O)(CNC(=O)c1ccccc1Cl)Cc1ccco1. The van der Waals surface area contributed by atoms with Crippen LogP contribution in [0.25, 0.3) is 0 Å². The molecule has 2 aromatic rings. The van der Waals surface area contributed by atoms with Gasteiger partial charge < -0.3 is 14.8 Å². The van der Waals surface area contributed by atoms with E-state index in [-0.39, 0.29) is 12.5 Å². The highest BCUT2D eigenvalue weighted by atomic mass is 35.5. The van der Waals surface area contributed by atoms with E-state index < -0.39 is 5.60 Å². The first-order valence-electron chi connectivity index (χ1n) is 6.25. The maximum absolute atomic E-state index is 12.0. The van der Waals surface area contributed by atoms with E-state index in [1.54, 1.807) is 49.6 Å². The minimum Gasteiger partial charge on any atom is -0.469 e. The summed E-state index contributed by atoms with van der Waals surface area (Å²) < 4.78 is 5.19. The molecule has 0 aliphatic heterocycles. The fraction of sp³-hybridized carbons (Fsp3) is 0.267. The van der Waals surface area contributed by atoms with Gasteiger partial charge in [-0.3, -0.25) is 4.79 Å². The first kappa shape index (κ1) is 14.6. The highest BCUT2D eigenvalue weighted by Crippen LogP contribution is 2.16. The highest BCUT2D eigenvalue weighted by Gasteiger charge is 2.23. The largest absolute Gasteiger partial charge is 0.469 e. The molecule has 20 heavy (non-hydrogen) atoms. The van der Waals surface area contributed by atoms with Crippen LogP contribution in [0.1, 0.15) is 23.0 Å². The smallest absolute Gasteiger partial charge is 0.252 e. The molecular weight excluding hydrogens is 278 g/mol. The Bertz CT molecular complexity index is 579. The van der Waals surface area contributed by atoms with Crippen LogP contribution in [0.2, 0.25) is 5.02 Å². The quantitative estimate of drug-likeness (QED) is 0.891. The number of furan rings is 1. The Balaban J connectivity index is 1.94. The fourth-order valence-corrected chi connectivity index (χ4v) is 2.08. The molecule has 1 atom stereocenters. The van der Waals surface area contributed by atoms with Crippen LogP contribution in [0.3, 0.4) is 0 Å². The number of carbonyl (C=O) groups is 1. The van der Waals surface area contributed by atoms with E-state index in [1.165, 1.54) is 0 Å². The Hall–Kier alpha value is -1.78. The number of rotatable bonds is 5. The molecule has 0 aliphatic rings. The number of nitrogens with one attached hydrogen (secondary N) is 1. The predicted molar refractivity (Wildman–Crippen MR) is 76.8 cm³/mol. The highest BCUT2D eigenvalue weighted by molar-refractivity contribution is 6.33. The number of hydrogen-bond donors (Lipinski definition) is 2. The number of amides is 1. The van der Waals surface area contributed by atoms with Crippen LogP contribution in [-0.2, 0) is 6.42 Å². The van der Waals surface area contributed by atoms with Gasteiger partial charge in [0.05, 0.1) is 22.5 Å². The van der Waals surface area contributed by atoms with Crippen molar-refractivity contribution in [3.8, 4) is 0 Å². The molecule has 0 fully saturated rings. The standard InChI is InChI=1S/C15H16ClNO3/c1-15(19,9-11-5-4-8-20-11)10-17-14(18)12-6-2-3-7-13(12)16/h2-8,19H,9-10H2,1H3,(H,17,18)/t15-/m1/s1. The molecule has 4 nitrogen and oxygen atoms in total. The summed E-state index contributed by atoms with van der Waals surface area (Å²) in [4.78, 5) is 12.0. The van der Waals surface area contributed by atoms with Gasteiger partial charge in [-0.25, -0.2) is 0 Å². The summed E-state index contributed by atoms with van der Waals surface area (Å²) in [5, 5.41) is 13.3. The third-order valence-corrected chi connectivity index (χ3v) is 3.21. The maximum atomic E-state index is 12.0. The van der Waals surface area contributed by atoms with Crippen molar-refractivity contribution in [1.29, 1.82) is 0 Å². The second-order valence-corrected chi connectivity index (χ2v) is 5.32. The summed E-state index contributed by atoms with van der Waals surface area (Å²) >= 11 is 5.95. The van der Waals surface area contributed by atoms with E-state index in [2.05, 4.69) is 5.32 Å². The molecule has 2 rings (SSSR count). The summed E-state index contributed by atoms with van der Waals surface area (Å²) in [7, 11) is 0. The molecule has 106 valence electrons. The third kappa shape index (κ3) is 3.85. The molecule has 2 N–H and O–H groups in total. The first-order valence-corrected chi connectivity index (χ1v) is 6.63. The summed E-state index contributed by atoms with van der Waals surface area (Å²) in [6, 6.07) is 10.3. The van der Waals surface area contributed by atoms with Crippen molar-refractivity contribution in [2.45, 2.75) is 18.9 Å². The molecule has 0 unspecified atom stereocenters. The predicted octanol–water partition coefficient (Wildman–Crippen LogP) is 2.66. The maximum Gasteiger partial charge on any atom is 0.252 e. The monoisotopic (exact) mass is 293 g/mol. The van der Waals surface area contributed by atoms with Crippen LogP contribution < -0.4 is 5.32 Å². The Morgan fingerprint density at radius 1 is 1.35 bits per heavy atom. The van der Waals surface area contributed by atoms with Gasteiger partial charge in [-0.2, -0.15) is 0 Å². The third-order valence-electron chi connectivity index (χ3n) is 2.88. The molecule has 0 spiro atoms. The number of benzene rings is 1. The zero-order valence-electron chi connectivity index (χ0n) is 11.1. The van der Waals surface area contributed by atoms with Gasteiger partial charge in [0, 0.05) is 13.0 Å². The average molecular weight is 294 g/mol. The number of halogens is 1. The first-order chi connectivity index (χ1) is 9.48. The lowest BCUT2D eigenvalue weighted by Gasteiger charge is -2.22. The minimum atomic E-state index is -1.09. The van der Waals surface area contributed by atoms with Gasteiger partial charge in [0.15, 0.2) is 0 Å². The zero-order valence-corrected chi connectivity index (χ0v) is 11.9. The van der Waals surface area contributed by atoms with Crippen molar-refractivity contribution in [2.24, 2.45) is 0 Å². The van der Waals surface area contributed by atoms with Crippen LogP contribution in [0, 0.1) is 0 Å². The summed E-state index contributed by atoms with van der Waals surface area (Å²) in [5.74, 6) is 0.359. The summed E-state index contributed by atoms with van der Waals surface area (Å²) in [6.45, 7) is 1.75. The topological polar surface area (TPSA) is 62.5 Å². The van der Waals surface area contributed by atoms with Gasteiger partial charge in [-0.05, 0) is 31.2 Å². The Labute approximate surface area is 122 Å². The molecule has 0 saturated heterocycles. The van der Waals surface area contributed by atoms with Crippen LogP contribution in [-0.4, -0.2) is 23.2 Å². The molecule has 1 aromatic carbocycles. The van der Waals surface area contributed by atoms with Gasteiger partial charge >= 0.3 is 0 Å². The van der Waals surface area contributed by atoms with Crippen molar-refractivity contribution in [3.63, 3.8) is 0 Å². The van der Waals surface area contributed by atoms with Crippen molar-refractivity contribution in [3.05, 3.63) is 59.0 Å². The van der Waals surface area contributed by atoms with Gasteiger partial charge in [-0.15, -0.1) is 0 Å². The van der Waals surface area contributed by atoms with Gasteiger partial charge in [0.1, 0.15) is 5.76 Å². The van der Waals surface area contributed by atoms with Crippen LogP contribution in [0.4, 0.5) is 0 Å². The molecule has 1 aromatic heterocycles. The fourth-order valence-electron chi connectivity index (χ4n) is 1.86. The molecule has 1 heterocycles. The molecule has 0 saturated carbocycles. The Morgan fingerprint density at radius 3 is 2.75 bits per heavy atom. The second kappa shape index (κ2) is 6.11. The molecule has 0 radical (unpaired) electrons. The summed E-state index contributed by atoms with van der Waals surface area (Å²) in [6.07, 6.45) is 1.87. The molecule has 1 amide bonds. The molecular formula is C15H16ClNO3. The molecule has 5 heteroatoms. The zero-order chi connectivity index (χ0) is 14.6. The van der Waals surface area contributed by atoms with Crippen molar-refractivity contribution >= 4 is 17.5 Å². The normalized spacial score (nSPS) is 13.8. The Morgan fingerprint density at radius 2 is 2.10 bits per heavy atom. The van der Waals surface area contributed by atoms with E-state index in [1.807, 2.05) is 0 Å². The molecule has 0 aliphatic carbocycles. The average Bonchev–Trinajstić information content (AvgIpc) is 2.89. The van der Waals surface area contributed by atoms with Crippen molar-refractivity contribution in [1.82, 2.24) is 5.32 Å². The van der Waals surface area contributed by atoms with E-state index in [0.717, 1.165) is 0 Å². The van der Waals surface area contributed by atoms with Crippen molar-refractivity contribution < 1.29 is 14.3 Å². The van der Waals surface area contributed by atoms with Crippen LogP contribution in [0.5, 0.6) is 0 Å². The lowest BCUT2D eigenvalue weighted by molar-refractivity contribution is 0.0510. The van der Waals surface area contributed by atoms with E-state index >= 15 is 0 Å². The van der Waals surface area contributed by atoms with Gasteiger partial charge in [-0.1, -0.05) is 23.7 Å². The second-order valence-electron chi connectivity index (χ2n) is 4.92. The van der Waals surface area contributed by atoms with Crippen LogP contribution >= 0.6 is 11.6 Å². The minimum absolute atomic E-state index is 0.109.